The number of nitrogens with one attached hydrogen (secondary N) is 2. The molecule has 0 spiro atoms. The average Bonchev–Trinajstić information content (AvgIpc) is 3.07. The maximum Gasteiger partial charge on any atom is 0.332 e. The van der Waals surface area contributed by atoms with Crippen molar-refractivity contribution < 1.29 is 19.4 Å². The minimum atomic E-state index is -1.29. The second kappa shape index (κ2) is 7.84. The van der Waals surface area contributed by atoms with E-state index in [9.17, 15) is 14.7 Å². The number of nitrogens with zero attached hydrogens (tertiary/aromatic N) is 1. The first-order valence-corrected chi connectivity index (χ1v) is 8.73. The minimum absolute atomic E-state index is 0.0191. The van der Waals surface area contributed by atoms with Crippen molar-refractivity contribution in [3.63, 3.8) is 0 Å². The standard InChI is InChI=1S/C18H25N3O4/c22-16(23)18(8-11-25-13-18)20-17(24)19-15-6-9-21(10-7-15)12-14-4-2-1-3-5-14/h1-5,15H,6-13H2,(H,22,23)(H2,19,20,24). The van der Waals surface area contributed by atoms with E-state index in [1.807, 2.05) is 18.2 Å². The number of carboxylic acids is 1. The molecule has 136 valence electrons. The molecule has 7 nitrogen and oxygen atoms in total. The van der Waals surface area contributed by atoms with Crippen LogP contribution in [0.2, 0.25) is 0 Å². The van der Waals surface area contributed by atoms with E-state index in [2.05, 4.69) is 27.7 Å². The Morgan fingerprint density at radius 3 is 2.56 bits per heavy atom. The summed E-state index contributed by atoms with van der Waals surface area (Å²) in [6, 6.07) is 9.98. The van der Waals surface area contributed by atoms with E-state index in [4.69, 9.17) is 4.74 Å². The Balaban J connectivity index is 1.44. The first-order chi connectivity index (χ1) is 12.1. The summed E-state index contributed by atoms with van der Waals surface area (Å²) in [6.45, 7) is 3.11. The zero-order valence-corrected chi connectivity index (χ0v) is 14.2. The van der Waals surface area contributed by atoms with Gasteiger partial charge in [0.1, 0.15) is 0 Å². The number of amides is 2. The maximum atomic E-state index is 12.2. The lowest BCUT2D eigenvalue weighted by Crippen LogP contribution is -2.59. The zero-order valence-electron chi connectivity index (χ0n) is 14.2. The van der Waals surface area contributed by atoms with Gasteiger partial charge in [0, 0.05) is 38.7 Å². The molecular formula is C18H25N3O4. The number of carbonyl (C=O) groups excluding carboxylic acids is 1. The van der Waals surface area contributed by atoms with Gasteiger partial charge in [-0.05, 0) is 18.4 Å². The second-order valence-corrected chi connectivity index (χ2v) is 6.82. The third-order valence-corrected chi connectivity index (χ3v) is 4.96. The number of urea groups is 1. The second-order valence-electron chi connectivity index (χ2n) is 6.82. The van der Waals surface area contributed by atoms with Crippen molar-refractivity contribution in [2.45, 2.75) is 37.4 Å². The summed E-state index contributed by atoms with van der Waals surface area (Å²) in [4.78, 5) is 26.0. The van der Waals surface area contributed by atoms with E-state index in [1.54, 1.807) is 0 Å². The van der Waals surface area contributed by atoms with Crippen LogP contribution >= 0.6 is 0 Å². The molecule has 3 rings (SSSR count). The summed E-state index contributed by atoms with van der Waals surface area (Å²) < 4.78 is 5.15. The van der Waals surface area contributed by atoms with Gasteiger partial charge >= 0.3 is 12.0 Å². The Kier molecular flexibility index (Phi) is 5.55. The third-order valence-electron chi connectivity index (χ3n) is 4.96. The minimum Gasteiger partial charge on any atom is -0.479 e. The number of carbonyl (C=O) groups is 2. The molecule has 2 saturated heterocycles. The Morgan fingerprint density at radius 2 is 1.96 bits per heavy atom. The first-order valence-electron chi connectivity index (χ1n) is 8.73. The van der Waals surface area contributed by atoms with Gasteiger partial charge in [0.25, 0.3) is 0 Å². The van der Waals surface area contributed by atoms with Crippen molar-refractivity contribution in [3.05, 3.63) is 35.9 Å². The highest BCUT2D eigenvalue weighted by Gasteiger charge is 2.44. The van der Waals surface area contributed by atoms with Gasteiger partial charge in [-0.1, -0.05) is 30.3 Å². The van der Waals surface area contributed by atoms with E-state index in [0.717, 1.165) is 32.5 Å². The van der Waals surface area contributed by atoms with Gasteiger partial charge in [0.15, 0.2) is 5.54 Å². The Morgan fingerprint density at radius 1 is 1.24 bits per heavy atom. The molecule has 1 unspecified atom stereocenters. The number of carboxylic acid groups (broad SMARTS) is 1. The molecule has 0 radical (unpaired) electrons. The van der Waals surface area contributed by atoms with Gasteiger partial charge in [-0.25, -0.2) is 9.59 Å². The van der Waals surface area contributed by atoms with Crippen molar-refractivity contribution in [2.24, 2.45) is 0 Å². The third kappa shape index (κ3) is 4.49. The highest BCUT2D eigenvalue weighted by atomic mass is 16.5. The monoisotopic (exact) mass is 347 g/mol. The van der Waals surface area contributed by atoms with Crippen molar-refractivity contribution in [1.82, 2.24) is 15.5 Å². The van der Waals surface area contributed by atoms with E-state index >= 15 is 0 Å². The molecule has 0 aliphatic carbocycles. The average molecular weight is 347 g/mol. The van der Waals surface area contributed by atoms with Gasteiger partial charge in [-0.3, -0.25) is 4.90 Å². The number of benzene rings is 1. The molecule has 2 heterocycles. The SMILES string of the molecule is O=C(NC1CCN(Cc2ccccc2)CC1)NC1(C(=O)O)CCOC1. The summed E-state index contributed by atoms with van der Waals surface area (Å²) in [5.74, 6) is -1.04. The fourth-order valence-corrected chi connectivity index (χ4v) is 3.40. The number of rotatable bonds is 5. The molecule has 7 heteroatoms. The highest BCUT2D eigenvalue weighted by Crippen LogP contribution is 2.19. The molecule has 2 amide bonds. The van der Waals surface area contributed by atoms with Crippen molar-refractivity contribution in [2.75, 3.05) is 26.3 Å². The molecule has 2 aliphatic rings. The topological polar surface area (TPSA) is 90.9 Å². The van der Waals surface area contributed by atoms with Crippen molar-refractivity contribution in [3.8, 4) is 0 Å². The number of likely N-dealkylation sites (tertiary alicyclic amines) is 1. The molecule has 3 N–H and O–H groups in total. The number of piperidine rings is 1. The predicted molar refractivity (Wildman–Crippen MR) is 92.2 cm³/mol. The summed E-state index contributed by atoms with van der Waals surface area (Å²) in [5.41, 5.74) is -0.00533. The lowest BCUT2D eigenvalue weighted by molar-refractivity contribution is -0.144. The van der Waals surface area contributed by atoms with Gasteiger partial charge in [-0.15, -0.1) is 0 Å². The maximum absolute atomic E-state index is 12.2. The van der Waals surface area contributed by atoms with Crippen LogP contribution < -0.4 is 10.6 Å². The number of ether oxygens (including phenoxy) is 1. The number of aliphatic carboxylic acids is 1. The number of hydrogen-bond acceptors (Lipinski definition) is 4. The van der Waals surface area contributed by atoms with Crippen molar-refractivity contribution in [1.29, 1.82) is 0 Å². The lowest BCUT2D eigenvalue weighted by Gasteiger charge is -2.33. The molecule has 0 saturated carbocycles. The van der Waals surface area contributed by atoms with E-state index < -0.39 is 17.5 Å². The largest absolute Gasteiger partial charge is 0.479 e. The normalized spacial score (nSPS) is 24.8. The molecule has 1 aromatic carbocycles. The van der Waals surface area contributed by atoms with Gasteiger partial charge < -0.3 is 20.5 Å². The predicted octanol–water partition coefficient (Wildman–Crippen LogP) is 1.19. The molecule has 2 fully saturated rings. The lowest BCUT2D eigenvalue weighted by atomic mass is 9.99. The fraction of sp³-hybridized carbons (Fsp3) is 0.556. The Labute approximate surface area is 147 Å². The molecule has 25 heavy (non-hydrogen) atoms. The van der Waals surface area contributed by atoms with Crippen LogP contribution in [0.15, 0.2) is 30.3 Å². The van der Waals surface area contributed by atoms with Gasteiger partial charge in [0.2, 0.25) is 0 Å². The van der Waals surface area contributed by atoms with E-state index in [1.165, 1.54) is 5.56 Å². The van der Waals surface area contributed by atoms with Gasteiger partial charge in [-0.2, -0.15) is 0 Å². The summed E-state index contributed by atoms with van der Waals surface area (Å²) in [5, 5.41) is 14.9. The first kappa shape index (κ1) is 17.7. The summed E-state index contributed by atoms with van der Waals surface area (Å²) in [7, 11) is 0. The highest BCUT2D eigenvalue weighted by molar-refractivity contribution is 5.86. The quantitative estimate of drug-likeness (QED) is 0.744. The molecule has 1 atom stereocenters. The van der Waals surface area contributed by atoms with E-state index in [-0.39, 0.29) is 12.6 Å². The van der Waals surface area contributed by atoms with Crippen LogP contribution in [-0.4, -0.2) is 59.9 Å². The van der Waals surface area contributed by atoms with Gasteiger partial charge in [0.05, 0.1) is 6.61 Å². The van der Waals surface area contributed by atoms with Crippen LogP contribution in [0.3, 0.4) is 0 Å². The van der Waals surface area contributed by atoms with Crippen LogP contribution in [0.5, 0.6) is 0 Å². The smallest absolute Gasteiger partial charge is 0.332 e. The Hall–Kier alpha value is -2.12. The summed E-state index contributed by atoms with van der Waals surface area (Å²) >= 11 is 0. The molecule has 0 bridgehead atoms. The van der Waals surface area contributed by atoms with Crippen LogP contribution in [0.1, 0.15) is 24.8 Å². The molecular weight excluding hydrogens is 322 g/mol. The van der Waals surface area contributed by atoms with E-state index in [0.29, 0.717) is 13.0 Å². The van der Waals surface area contributed by atoms with Crippen LogP contribution in [0.4, 0.5) is 4.79 Å². The number of hydrogen-bond donors (Lipinski definition) is 3. The van der Waals surface area contributed by atoms with Crippen molar-refractivity contribution >= 4 is 12.0 Å². The zero-order chi connectivity index (χ0) is 17.7. The van der Waals surface area contributed by atoms with Crippen LogP contribution in [0, 0.1) is 0 Å². The van der Waals surface area contributed by atoms with Crippen LogP contribution in [0.25, 0.3) is 0 Å². The fourth-order valence-electron chi connectivity index (χ4n) is 3.40. The Bertz CT molecular complexity index is 594. The summed E-state index contributed by atoms with van der Waals surface area (Å²) in [6.07, 6.45) is 2.01. The molecule has 2 aliphatic heterocycles. The molecule has 1 aromatic rings. The molecule has 0 aromatic heterocycles. The van der Waals surface area contributed by atoms with Crippen LogP contribution in [-0.2, 0) is 16.1 Å².